The third-order valence-electron chi connectivity index (χ3n) is 4.59. The van der Waals surface area contributed by atoms with Crippen molar-refractivity contribution in [3.8, 4) is 0 Å². The zero-order chi connectivity index (χ0) is 17.8. The maximum atomic E-state index is 12.2. The maximum Gasteiger partial charge on any atom is 0.319 e. The fourth-order valence-corrected chi connectivity index (χ4v) is 3.96. The summed E-state index contributed by atoms with van der Waals surface area (Å²) in [4.78, 5) is 30.9. The van der Waals surface area contributed by atoms with E-state index in [1.54, 1.807) is 18.3 Å². The Morgan fingerprint density at radius 2 is 2.17 bits per heavy atom. The predicted molar refractivity (Wildman–Crippen MR) is 93.6 cm³/mol. The number of aromatic nitrogens is 1. The van der Waals surface area contributed by atoms with Crippen molar-refractivity contribution in [2.75, 3.05) is 11.9 Å². The standard InChI is InChI=1S/C18H26N4O2/c1-13-15(6-5-7-19-13)22-16(24)20-11-18(4)9-14(21-12-23)8-17(2,3)10-18/h5-7,14H,8-11H2,1-4H3,(H2,20,22,24). The monoisotopic (exact) mass is 330 g/mol. The Labute approximate surface area is 143 Å². The van der Waals surface area contributed by atoms with Crippen LogP contribution in [0.15, 0.2) is 23.3 Å². The molecule has 1 aliphatic carbocycles. The fraction of sp³-hybridized carbons (Fsp3) is 0.611. The SMILES string of the molecule is Cc1ncccc1NC(=O)NCC1(C)CC(N=C=O)CC(C)(C)C1. The van der Waals surface area contributed by atoms with Gasteiger partial charge in [0, 0.05) is 12.7 Å². The Morgan fingerprint density at radius 3 is 2.83 bits per heavy atom. The van der Waals surface area contributed by atoms with Gasteiger partial charge in [0.1, 0.15) is 0 Å². The van der Waals surface area contributed by atoms with Crippen LogP contribution in [0.2, 0.25) is 0 Å². The first-order valence-corrected chi connectivity index (χ1v) is 8.27. The van der Waals surface area contributed by atoms with Gasteiger partial charge in [-0.3, -0.25) is 4.98 Å². The van der Waals surface area contributed by atoms with E-state index in [9.17, 15) is 9.59 Å². The summed E-state index contributed by atoms with van der Waals surface area (Å²) in [7, 11) is 0. The van der Waals surface area contributed by atoms with Crippen LogP contribution in [-0.4, -0.2) is 29.7 Å². The number of anilines is 1. The first-order chi connectivity index (χ1) is 11.2. The minimum absolute atomic E-state index is 0.0262. The molecule has 6 nitrogen and oxygen atoms in total. The number of isocyanates is 1. The molecule has 6 heteroatoms. The van der Waals surface area contributed by atoms with Gasteiger partial charge >= 0.3 is 6.03 Å². The van der Waals surface area contributed by atoms with Crippen molar-refractivity contribution in [2.24, 2.45) is 15.8 Å². The average Bonchev–Trinajstić information content (AvgIpc) is 2.46. The van der Waals surface area contributed by atoms with Crippen LogP contribution in [-0.2, 0) is 4.79 Å². The van der Waals surface area contributed by atoms with Crippen molar-refractivity contribution in [1.29, 1.82) is 0 Å². The van der Waals surface area contributed by atoms with E-state index in [-0.39, 0.29) is 22.9 Å². The normalized spacial score (nSPS) is 25.4. The number of amides is 2. The number of aliphatic imine (C=N–C) groups is 1. The number of nitrogens with one attached hydrogen (secondary N) is 2. The van der Waals surface area contributed by atoms with Crippen LogP contribution < -0.4 is 10.6 Å². The predicted octanol–water partition coefficient (Wildman–Crippen LogP) is 3.43. The maximum absolute atomic E-state index is 12.2. The average molecular weight is 330 g/mol. The number of pyridine rings is 1. The highest BCUT2D eigenvalue weighted by molar-refractivity contribution is 5.89. The van der Waals surface area contributed by atoms with E-state index in [0.717, 1.165) is 25.0 Å². The molecule has 1 saturated carbocycles. The second-order valence-electron chi connectivity index (χ2n) is 7.88. The lowest BCUT2D eigenvalue weighted by Crippen LogP contribution is -2.45. The molecule has 0 aromatic carbocycles. The molecule has 24 heavy (non-hydrogen) atoms. The summed E-state index contributed by atoms with van der Waals surface area (Å²) in [6.07, 6.45) is 6.00. The van der Waals surface area contributed by atoms with E-state index in [4.69, 9.17) is 0 Å². The number of carbonyl (C=O) groups is 1. The zero-order valence-electron chi connectivity index (χ0n) is 14.8. The van der Waals surface area contributed by atoms with E-state index in [0.29, 0.717) is 12.2 Å². The molecule has 1 fully saturated rings. The molecule has 0 aliphatic heterocycles. The van der Waals surface area contributed by atoms with Crippen molar-refractivity contribution < 1.29 is 9.59 Å². The van der Waals surface area contributed by atoms with Crippen LogP contribution in [0.25, 0.3) is 0 Å². The topological polar surface area (TPSA) is 83.4 Å². The molecule has 130 valence electrons. The Hall–Kier alpha value is -2.20. The van der Waals surface area contributed by atoms with Crippen LogP contribution in [0.4, 0.5) is 10.5 Å². The number of urea groups is 1. The lowest BCUT2D eigenvalue weighted by molar-refractivity contribution is 0.0855. The zero-order valence-corrected chi connectivity index (χ0v) is 14.8. The van der Waals surface area contributed by atoms with Gasteiger partial charge in [-0.15, -0.1) is 0 Å². The van der Waals surface area contributed by atoms with Crippen LogP contribution >= 0.6 is 0 Å². The molecule has 1 aromatic heterocycles. The lowest BCUT2D eigenvalue weighted by Gasteiger charge is -2.45. The first kappa shape index (κ1) is 18.1. The largest absolute Gasteiger partial charge is 0.337 e. The molecule has 2 atom stereocenters. The molecule has 0 spiro atoms. The number of rotatable bonds is 4. The van der Waals surface area contributed by atoms with Gasteiger partial charge in [-0.1, -0.05) is 20.8 Å². The second-order valence-corrected chi connectivity index (χ2v) is 7.88. The summed E-state index contributed by atoms with van der Waals surface area (Å²) in [6, 6.07) is 3.34. The molecule has 1 aliphatic rings. The molecule has 1 aromatic rings. The number of hydrogen-bond donors (Lipinski definition) is 2. The Kier molecular flexibility index (Phi) is 5.40. The lowest BCUT2D eigenvalue weighted by atomic mass is 9.63. The smallest absolute Gasteiger partial charge is 0.319 e. The van der Waals surface area contributed by atoms with E-state index >= 15 is 0 Å². The molecule has 0 saturated heterocycles. The van der Waals surface area contributed by atoms with Crippen molar-refractivity contribution in [3.63, 3.8) is 0 Å². The van der Waals surface area contributed by atoms with E-state index in [1.165, 1.54) is 0 Å². The van der Waals surface area contributed by atoms with Crippen molar-refractivity contribution in [1.82, 2.24) is 10.3 Å². The summed E-state index contributed by atoms with van der Waals surface area (Å²) in [5.74, 6) is 0. The highest BCUT2D eigenvalue weighted by Crippen LogP contribution is 2.46. The van der Waals surface area contributed by atoms with Gasteiger partial charge < -0.3 is 10.6 Å². The van der Waals surface area contributed by atoms with Crippen LogP contribution in [0.1, 0.15) is 45.7 Å². The van der Waals surface area contributed by atoms with Crippen LogP contribution in [0.5, 0.6) is 0 Å². The minimum atomic E-state index is -0.244. The third-order valence-corrected chi connectivity index (χ3v) is 4.59. The minimum Gasteiger partial charge on any atom is -0.337 e. The van der Waals surface area contributed by atoms with Crippen LogP contribution in [0, 0.1) is 17.8 Å². The number of carbonyl (C=O) groups excluding carboxylic acids is 2. The fourth-order valence-electron chi connectivity index (χ4n) is 3.96. The molecule has 2 N–H and O–H groups in total. The van der Waals surface area contributed by atoms with Gasteiger partial charge in [0.25, 0.3) is 0 Å². The molecule has 2 rings (SSSR count). The van der Waals surface area contributed by atoms with Gasteiger partial charge in [-0.05, 0) is 49.1 Å². The van der Waals surface area contributed by atoms with E-state index < -0.39 is 0 Å². The number of aryl methyl sites for hydroxylation is 1. The van der Waals surface area contributed by atoms with Gasteiger partial charge in [-0.25, -0.2) is 14.6 Å². The molecule has 1 heterocycles. The summed E-state index contributed by atoms with van der Waals surface area (Å²) in [5, 5.41) is 5.78. The van der Waals surface area contributed by atoms with Crippen molar-refractivity contribution in [2.45, 2.75) is 53.0 Å². The molecule has 0 radical (unpaired) electrons. The van der Waals surface area contributed by atoms with Gasteiger partial charge in [0.15, 0.2) is 0 Å². The van der Waals surface area contributed by atoms with Gasteiger partial charge in [0.05, 0.1) is 17.4 Å². The van der Waals surface area contributed by atoms with Crippen molar-refractivity contribution in [3.05, 3.63) is 24.0 Å². The molecular formula is C18H26N4O2. The quantitative estimate of drug-likeness (QED) is 0.655. The summed E-state index contributed by atoms with van der Waals surface area (Å²) in [5.41, 5.74) is 1.45. The van der Waals surface area contributed by atoms with E-state index in [1.807, 2.05) is 13.0 Å². The number of hydrogen-bond acceptors (Lipinski definition) is 4. The highest BCUT2D eigenvalue weighted by Gasteiger charge is 2.41. The summed E-state index contributed by atoms with van der Waals surface area (Å²) < 4.78 is 0. The Bertz CT molecular complexity index is 652. The summed E-state index contributed by atoms with van der Waals surface area (Å²) in [6.45, 7) is 8.87. The van der Waals surface area contributed by atoms with Crippen molar-refractivity contribution >= 4 is 17.8 Å². The Morgan fingerprint density at radius 1 is 1.42 bits per heavy atom. The van der Waals surface area contributed by atoms with Crippen LogP contribution in [0.3, 0.4) is 0 Å². The molecule has 2 unspecified atom stereocenters. The van der Waals surface area contributed by atoms with Gasteiger partial charge in [-0.2, -0.15) is 0 Å². The molecule has 0 bridgehead atoms. The second kappa shape index (κ2) is 7.14. The highest BCUT2D eigenvalue weighted by atomic mass is 16.2. The molecular weight excluding hydrogens is 304 g/mol. The van der Waals surface area contributed by atoms with E-state index in [2.05, 4.69) is 41.4 Å². The third kappa shape index (κ3) is 4.90. The molecule has 2 amide bonds. The number of nitrogens with zero attached hydrogens (tertiary/aromatic N) is 2. The Balaban J connectivity index is 1.97. The summed E-state index contributed by atoms with van der Waals surface area (Å²) >= 11 is 0. The van der Waals surface area contributed by atoms with Gasteiger partial charge in [0.2, 0.25) is 6.08 Å². The first-order valence-electron chi connectivity index (χ1n) is 8.27.